The number of guanidine groups is 1. The summed E-state index contributed by atoms with van der Waals surface area (Å²) in [5.74, 6) is 4.12. The molecule has 0 spiro atoms. The summed E-state index contributed by atoms with van der Waals surface area (Å²) >= 11 is 0. The SMILES string of the molecule is C#CCOc1cc(CN=C(N)NC(C)CC)ccc1OC. The van der Waals surface area contributed by atoms with Crippen molar-refractivity contribution >= 4 is 5.96 Å². The van der Waals surface area contributed by atoms with E-state index in [9.17, 15) is 0 Å². The van der Waals surface area contributed by atoms with Gasteiger partial charge in [0.1, 0.15) is 6.61 Å². The van der Waals surface area contributed by atoms with Crippen LogP contribution in [-0.4, -0.2) is 25.7 Å². The Morgan fingerprint density at radius 3 is 2.86 bits per heavy atom. The molecule has 0 heterocycles. The quantitative estimate of drug-likeness (QED) is 0.457. The van der Waals surface area contributed by atoms with Crippen molar-refractivity contribution in [2.24, 2.45) is 10.7 Å². The zero-order chi connectivity index (χ0) is 15.7. The average molecular weight is 289 g/mol. The minimum atomic E-state index is 0.195. The monoisotopic (exact) mass is 289 g/mol. The van der Waals surface area contributed by atoms with E-state index in [1.807, 2.05) is 18.2 Å². The topological polar surface area (TPSA) is 68.9 Å². The number of nitrogens with zero attached hydrogens (tertiary/aromatic N) is 1. The van der Waals surface area contributed by atoms with E-state index in [4.69, 9.17) is 21.6 Å². The van der Waals surface area contributed by atoms with Gasteiger partial charge in [-0.25, -0.2) is 4.99 Å². The number of nitrogens with two attached hydrogens (primary N) is 1. The molecule has 3 N–H and O–H groups in total. The van der Waals surface area contributed by atoms with Gasteiger partial charge in [-0.1, -0.05) is 18.9 Å². The molecule has 0 aliphatic carbocycles. The van der Waals surface area contributed by atoms with Crippen LogP contribution < -0.4 is 20.5 Å². The first-order valence-electron chi connectivity index (χ1n) is 6.90. The van der Waals surface area contributed by atoms with Gasteiger partial charge in [-0.2, -0.15) is 0 Å². The number of ether oxygens (including phenoxy) is 2. The van der Waals surface area contributed by atoms with E-state index in [0.717, 1.165) is 12.0 Å². The highest BCUT2D eigenvalue weighted by atomic mass is 16.5. The maximum Gasteiger partial charge on any atom is 0.189 e. The van der Waals surface area contributed by atoms with Gasteiger partial charge >= 0.3 is 0 Å². The number of nitrogens with one attached hydrogen (secondary N) is 1. The first-order valence-corrected chi connectivity index (χ1v) is 6.90. The van der Waals surface area contributed by atoms with Gasteiger partial charge in [-0.3, -0.25) is 0 Å². The Labute approximate surface area is 126 Å². The van der Waals surface area contributed by atoms with Crippen LogP contribution in [0.15, 0.2) is 23.2 Å². The molecule has 0 bridgehead atoms. The minimum Gasteiger partial charge on any atom is -0.493 e. The Bertz CT molecular complexity index is 521. The summed E-state index contributed by atoms with van der Waals surface area (Å²) in [6.45, 7) is 4.80. The van der Waals surface area contributed by atoms with E-state index < -0.39 is 0 Å². The fourth-order valence-electron chi connectivity index (χ4n) is 1.63. The van der Waals surface area contributed by atoms with Crippen molar-refractivity contribution in [2.45, 2.75) is 32.9 Å². The molecular formula is C16H23N3O2. The average Bonchev–Trinajstić information content (AvgIpc) is 2.50. The van der Waals surface area contributed by atoms with Gasteiger partial charge in [0.2, 0.25) is 0 Å². The molecule has 5 nitrogen and oxygen atoms in total. The van der Waals surface area contributed by atoms with E-state index in [0.29, 0.717) is 30.0 Å². The number of rotatable bonds is 7. The van der Waals surface area contributed by atoms with Crippen LogP contribution in [0.2, 0.25) is 0 Å². The highest BCUT2D eigenvalue weighted by Gasteiger charge is 2.06. The lowest BCUT2D eigenvalue weighted by Gasteiger charge is -2.12. The molecule has 0 fully saturated rings. The van der Waals surface area contributed by atoms with E-state index in [1.54, 1.807) is 7.11 Å². The van der Waals surface area contributed by atoms with Crippen molar-refractivity contribution in [3.05, 3.63) is 23.8 Å². The normalized spacial score (nSPS) is 12.4. The third kappa shape index (κ3) is 5.65. The summed E-state index contributed by atoms with van der Waals surface area (Å²) in [4.78, 5) is 4.31. The predicted molar refractivity (Wildman–Crippen MR) is 85.5 cm³/mol. The number of aliphatic imine (C=N–C) groups is 1. The molecule has 0 radical (unpaired) electrons. The molecule has 1 atom stereocenters. The Kier molecular flexibility index (Phi) is 6.96. The van der Waals surface area contributed by atoms with E-state index in [-0.39, 0.29) is 6.61 Å². The van der Waals surface area contributed by atoms with E-state index in [1.165, 1.54) is 0 Å². The molecule has 21 heavy (non-hydrogen) atoms. The lowest BCUT2D eigenvalue weighted by Crippen LogP contribution is -2.38. The molecule has 114 valence electrons. The largest absolute Gasteiger partial charge is 0.493 e. The molecule has 0 aliphatic rings. The number of benzene rings is 1. The first kappa shape index (κ1) is 16.7. The van der Waals surface area contributed by atoms with Gasteiger partial charge in [-0.15, -0.1) is 6.42 Å². The second kappa shape index (κ2) is 8.75. The van der Waals surface area contributed by atoms with Crippen molar-refractivity contribution in [1.29, 1.82) is 0 Å². The third-order valence-corrected chi connectivity index (χ3v) is 2.98. The molecule has 1 rings (SSSR count). The summed E-state index contributed by atoms with van der Waals surface area (Å²) in [7, 11) is 1.59. The van der Waals surface area contributed by atoms with Gasteiger partial charge in [-0.05, 0) is 31.0 Å². The maximum atomic E-state index is 5.83. The molecule has 5 heteroatoms. The molecular weight excluding hydrogens is 266 g/mol. The van der Waals surface area contributed by atoms with E-state index in [2.05, 4.69) is 30.1 Å². The number of terminal acetylenes is 1. The van der Waals surface area contributed by atoms with Gasteiger partial charge in [0.25, 0.3) is 0 Å². The molecule has 1 aromatic rings. The van der Waals surface area contributed by atoms with Gasteiger partial charge in [0, 0.05) is 6.04 Å². The van der Waals surface area contributed by atoms with Crippen LogP contribution in [0.4, 0.5) is 0 Å². The van der Waals surface area contributed by atoms with E-state index >= 15 is 0 Å². The van der Waals surface area contributed by atoms with Gasteiger partial charge in [0.05, 0.1) is 13.7 Å². The van der Waals surface area contributed by atoms with Crippen LogP contribution in [0, 0.1) is 12.3 Å². The standard InChI is InChI=1S/C16H23N3O2/c1-5-9-21-15-10-13(7-8-14(15)20-4)11-18-16(17)19-12(3)6-2/h1,7-8,10,12H,6,9,11H2,2-4H3,(H3,17,18,19). The summed E-state index contributed by atoms with van der Waals surface area (Å²) in [6, 6.07) is 5.91. The van der Waals surface area contributed by atoms with Crippen LogP contribution in [0.5, 0.6) is 11.5 Å². The maximum absolute atomic E-state index is 5.83. The molecule has 0 saturated heterocycles. The van der Waals surface area contributed by atoms with Crippen molar-refractivity contribution < 1.29 is 9.47 Å². The van der Waals surface area contributed by atoms with Crippen LogP contribution in [0.25, 0.3) is 0 Å². The smallest absolute Gasteiger partial charge is 0.189 e. The molecule has 0 amide bonds. The van der Waals surface area contributed by atoms with Crippen LogP contribution in [0.3, 0.4) is 0 Å². The first-order chi connectivity index (χ1) is 10.1. The predicted octanol–water partition coefficient (Wildman–Crippen LogP) is 1.91. The Morgan fingerprint density at radius 1 is 1.48 bits per heavy atom. The molecule has 0 saturated carbocycles. The van der Waals surface area contributed by atoms with Gasteiger partial charge in [0.15, 0.2) is 17.5 Å². The number of hydrogen-bond donors (Lipinski definition) is 2. The third-order valence-electron chi connectivity index (χ3n) is 2.98. The second-order valence-corrected chi connectivity index (χ2v) is 4.63. The van der Waals surface area contributed by atoms with Crippen LogP contribution in [-0.2, 0) is 6.54 Å². The summed E-state index contributed by atoms with van der Waals surface area (Å²) in [6.07, 6.45) is 6.19. The number of hydrogen-bond acceptors (Lipinski definition) is 3. The van der Waals surface area contributed by atoms with Gasteiger partial charge < -0.3 is 20.5 Å². The summed E-state index contributed by atoms with van der Waals surface area (Å²) in [5, 5.41) is 3.12. The Morgan fingerprint density at radius 2 is 2.24 bits per heavy atom. The Balaban J connectivity index is 2.75. The molecule has 0 aromatic heterocycles. The highest BCUT2D eigenvalue weighted by Crippen LogP contribution is 2.28. The highest BCUT2D eigenvalue weighted by molar-refractivity contribution is 5.78. The van der Waals surface area contributed by atoms with Crippen molar-refractivity contribution in [3.63, 3.8) is 0 Å². The lowest BCUT2D eigenvalue weighted by molar-refractivity contribution is 0.330. The summed E-state index contributed by atoms with van der Waals surface area (Å²) < 4.78 is 10.7. The molecule has 1 aromatic carbocycles. The summed E-state index contributed by atoms with van der Waals surface area (Å²) in [5.41, 5.74) is 6.80. The molecule has 1 unspecified atom stereocenters. The molecule has 0 aliphatic heterocycles. The zero-order valence-electron chi connectivity index (χ0n) is 12.8. The second-order valence-electron chi connectivity index (χ2n) is 4.63. The Hall–Kier alpha value is -2.35. The van der Waals surface area contributed by atoms with Crippen LogP contribution >= 0.6 is 0 Å². The van der Waals surface area contributed by atoms with Crippen molar-refractivity contribution in [2.75, 3.05) is 13.7 Å². The number of methoxy groups -OCH3 is 1. The fourth-order valence-corrected chi connectivity index (χ4v) is 1.63. The lowest BCUT2D eigenvalue weighted by atomic mass is 10.2. The van der Waals surface area contributed by atoms with Crippen molar-refractivity contribution in [1.82, 2.24) is 5.32 Å². The fraction of sp³-hybridized carbons (Fsp3) is 0.438. The zero-order valence-corrected chi connectivity index (χ0v) is 12.8. The minimum absolute atomic E-state index is 0.195. The van der Waals surface area contributed by atoms with Crippen LogP contribution in [0.1, 0.15) is 25.8 Å². The van der Waals surface area contributed by atoms with Crippen molar-refractivity contribution in [3.8, 4) is 23.8 Å².